The minimum absolute atomic E-state index is 0.0984. The molecule has 2 aromatic rings. The summed E-state index contributed by atoms with van der Waals surface area (Å²) in [5.41, 5.74) is 2.13. The lowest BCUT2D eigenvalue weighted by atomic mass is 10.0. The summed E-state index contributed by atoms with van der Waals surface area (Å²) < 4.78 is 13.0. The third-order valence-corrected chi connectivity index (χ3v) is 3.94. The zero-order chi connectivity index (χ0) is 18.4. The summed E-state index contributed by atoms with van der Waals surface area (Å²) in [6.07, 6.45) is 0.874. The van der Waals surface area contributed by atoms with E-state index in [1.807, 2.05) is 45.0 Å². The number of carbonyl (C=O) groups excluding carboxylic acids is 2. The minimum atomic E-state index is -0.692. The standard InChI is InChI=1S/C20H23FN2O2/c1-4-14-6-5-7-17(12-14)22-20(25)18(13(2)3)23-19(24)15-8-10-16(21)11-9-15/h5-13,18H,4H2,1-3H3,(H,22,25)(H,23,24)/t18-/m0/s1. The van der Waals surface area contributed by atoms with E-state index >= 15 is 0 Å². The first-order valence-electron chi connectivity index (χ1n) is 8.37. The Hall–Kier alpha value is -2.69. The molecule has 2 amide bonds. The number of benzene rings is 2. The van der Waals surface area contributed by atoms with Gasteiger partial charge < -0.3 is 10.6 Å². The Kier molecular flexibility index (Phi) is 6.28. The molecule has 0 heterocycles. The fourth-order valence-electron chi connectivity index (χ4n) is 2.45. The highest BCUT2D eigenvalue weighted by atomic mass is 19.1. The van der Waals surface area contributed by atoms with Crippen molar-refractivity contribution < 1.29 is 14.0 Å². The second-order valence-electron chi connectivity index (χ2n) is 6.25. The smallest absolute Gasteiger partial charge is 0.251 e. The van der Waals surface area contributed by atoms with E-state index in [1.54, 1.807) is 0 Å². The van der Waals surface area contributed by atoms with Crippen LogP contribution in [0.25, 0.3) is 0 Å². The molecule has 132 valence electrons. The van der Waals surface area contributed by atoms with Gasteiger partial charge in [0.25, 0.3) is 5.91 Å². The van der Waals surface area contributed by atoms with E-state index in [0.29, 0.717) is 11.3 Å². The summed E-state index contributed by atoms with van der Waals surface area (Å²) in [6, 6.07) is 12.1. The van der Waals surface area contributed by atoms with Gasteiger partial charge in [0.05, 0.1) is 0 Å². The summed E-state index contributed by atoms with van der Waals surface area (Å²) in [5, 5.41) is 5.58. The fraction of sp³-hybridized carbons (Fsp3) is 0.300. The van der Waals surface area contributed by atoms with E-state index in [1.165, 1.54) is 24.3 Å². The molecule has 2 N–H and O–H groups in total. The molecule has 0 saturated heterocycles. The van der Waals surface area contributed by atoms with Crippen molar-refractivity contribution in [3.8, 4) is 0 Å². The zero-order valence-electron chi connectivity index (χ0n) is 14.7. The van der Waals surface area contributed by atoms with Gasteiger partial charge >= 0.3 is 0 Å². The first-order valence-corrected chi connectivity index (χ1v) is 8.37. The number of hydrogen-bond donors (Lipinski definition) is 2. The van der Waals surface area contributed by atoms with Crippen molar-refractivity contribution in [2.45, 2.75) is 33.2 Å². The molecule has 2 rings (SSSR count). The molecular formula is C20H23FN2O2. The third kappa shape index (κ3) is 5.14. The highest BCUT2D eigenvalue weighted by Gasteiger charge is 2.24. The van der Waals surface area contributed by atoms with Crippen LogP contribution in [0.4, 0.5) is 10.1 Å². The highest BCUT2D eigenvalue weighted by molar-refractivity contribution is 6.01. The summed E-state index contributed by atoms with van der Waals surface area (Å²) in [4.78, 5) is 24.9. The van der Waals surface area contributed by atoms with Crippen LogP contribution in [0.5, 0.6) is 0 Å². The maximum atomic E-state index is 13.0. The van der Waals surface area contributed by atoms with Gasteiger partial charge in [-0.1, -0.05) is 32.9 Å². The van der Waals surface area contributed by atoms with Crippen molar-refractivity contribution >= 4 is 17.5 Å². The van der Waals surface area contributed by atoms with E-state index in [2.05, 4.69) is 10.6 Å². The van der Waals surface area contributed by atoms with Crippen LogP contribution in [0, 0.1) is 11.7 Å². The second-order valence-corrected chi connectivity index (χ2v) is 6.25. The van der Waals surface area contributed by atoms with Crippen LogP contribution in [0.2, 0.25) is 0 Å². The van der Waals surface area contributed by atoms with E-state index < -0.39 is 17.8 Å². The average molecular weight is 342 g/mol. The number of rotatable bonds is 6. The first-order chi connectivity index (χ1) is 11.9. The Morgan fingerprint density at radius 3 is 2.36 bits per heavy atom. The highest BCUT2D eigenvalue weighted by Crippen LogP contribution is 2.13. The van der Waals surface area contributed by atoms with Gasteiger partial charge in [-0.3, -0.25) is 9.59 Å². The fourth-order valence-corrected chi connectivity index (χ4v) is 2.45. The molecule has 4 nitrogen and oxygen atoms in total. The summed E-state index contributed by atoms with van der Waals surface area (Å²) in [7, 11) is 0. The Morgan fingerprint density at radius 1 is 1.08 bits per heavy atom. The molecule has 0 aliphatic carbocycles. The molecule has 0 fully saturated rings. The molecule has 0 saturated carbocycles. The minimum Gasteiger partial charge on any atom is -0.340 e. The predicted molar refractivity (Wildman–Crippen MR) is 96.9 cm³/mol. The Bertz CT molecular complexity index is 742. The average Bonchev–Trinajstić information content (AvgIpc) is 2.59. The van der Waals surface area contributed by atoms with Gasteiger partial charge in [-0.2, -0.15) is 0 Å². The number of anilines is 1. The van der Waals surface area contributed by atoms with Gasteiger partial charge in [0.15, 0.2) is 0 Å². The van der Waals surface area contributed by atoms with Crippen molar-refractivity contribution in [3.05, 3.63) is 65.5 Å². The molecule has 0 aromatic heterocycles. The quantitative estimate of drug-likeness (QED) is 0.839. The van der Waals surface area contributed by atoms with E-state index in [0.717, 1.165) is 12.0 Å². The van der Waals surface area contributed by atoms with Crippen LogP contribution in [0.3, 0.4) is 0 Å². The van der Waals surface area contributed by atoms with Gasteiger partial charge in [-0.05, 0) is 54.3 Å². The SMILES string of the molecule is CCc1cccc(NC(=O)[C@@H](NC(=O)c2ccc(F)cc2)C(C)C)c1. The Labute approximate surface area is 147 Å². The normalized spacial score (nSPS) is 11.9. The number of nitrogens with one attached hydrogen (secondary N) is 2. The van der Waals surface area contributed by atoms with Crippen molar-refractivity contribution in [3.63, 3.8) is 0 Å². The summed E-state index contributed by atoms with van der Waals surface area (Å²) >= 11 is 0. The van der Waals surface area contributed by atoms with Gasteiger partial charge in [0, 0.05) is 11.3 Å². The summed E-state index contributed by atoms with van der Waals surface area (Å²) in [6.45, 7) is 5.76. The lowest BCUT2D eigenvalue weighted by molar-refractivity contribution is -0.118. The molecule has 5 heteroatoms. The number of aryl methyl sites for hydroxylation is 1. The van der Waals surface area contributed by atoms with Gasteiger partial charge in [0.1, 0.15) is 11.9 Å². The van der Waals surface area contributed by atoms with Crippen LogP contribution in [-0.4, -0.2) is 17.9 Å². The summed E-state index contributed by atoms with van der Waals surface area (Å²) in [5.74, 6) is -1.20. The molecule has 0 aliphatic heterocycles. The maximum Gasteiger partial charge on any atom is 0.251 e. The largest absolute Gasteiger partial charge is 0.340 e. The molecule has 2 aromatic carbocycles. The Morgan fingerprint density at radius 2 is 1.76 bits per heavy atom. The lowest BCUT2D eigenvalue weighted by Crippen LogP contribution is -2.47. The lowest BCUT2D eigenvalue weighted by Gasteiger charge is -2.22. The molecular weight excluding hydrogens is 319 g/mol. The number of carbonyl (C=O) groups is 2. The van der Waals surface area contributed by atoms with E-state index in [4.69, 9.17) is 0 Å². The number of halogens is 1. The topological polar surface area (TPSA) is 58.2 Å². The van der Waals surface area contributed by atoms with Gasteiger partial charge in [0.2, 0.25) is 5.91 Å². The molecule has 1 atom stereocenters. The molecule has 25 heavy (non-hydrogen) atoms. The van der Waals surface area contributed by atoms with Crippen molar-refractivity contribution in [1.29, 1.82) is 0 Å². The molecule has 0 spiro atoms. The van der Waals surface area contributed by atoms with Gasteiger partial charge in [-0.15, -0.1) is 0 Å². The number of hydrogen-bond acceptors (Lipinski definition) is 2. The first kappa shape index (κ1) is 18.6. The molecule has 0 radical (unpaired) electrons. The Balaban J connectivity index is 2.09. The van der Waals surface area contributed by atoms with Crippen LogP contribution in [0.15, 0.2) is 48.5 Å². The molecule has 0 unspecified atom stereocenters. The van der Waals surface area contributed by atoms with E-state index in [9.17, 15) is 14.0 Å². The van der Waals surface area contributed by atoms with Gasteiger partial charge in [-0.25, -0.2) is 4.39 Å². The number of amides is 2. The van der Waals surface area contributed by atoms with Crippen LogP contribution in [0.1, 0.15) is 36.7 Å². The maximum absolute atomic E-state index is 13.0. The van der Waals surface area contributed by atoms with Crippen LogP contribution in [-0.2, 0) is 11.2 Å². The van der Waals surface area contributed by atoms with Crippen LogP contribution < -0.4 is 10.6 Å². The second kappa shape index (κ2) is 8.42. The molecule has 0 aliphatic rings. The zero-order valence-corrected chi connectivity index (χ0v) is 14.7. The third-order valence-electron chi connectivity index (χ3n) is 3.94. The molecule has 0 bridgehead atoms. The van der Waals surface area contributed by atoms with Crippen molar-refractivity contribution in [1.82, 2.24) is 5.32 Å². The van der Waals surface area contributed by atoms with Crippen LogP contribution >= 0.6 is 0 Å². The predicted octanol–water partition coefficient (Wildman–Crippen LogP) is 3.78. The monoisotopic (exact) mass is 342 g/mol. The van der Waals surface area contributed by atoms with Crippen molar-refractivity contribution in [2.24, 2.45) is 5.92 Å². The van der Waals surface area contributed by atoms with Crippen molar-refractivity contribution in [2.75, 3.05) is 5.32 Å². The van der Waals surface area contributed by atoms with E-state index in [-0.39, 0.29) is 11.8 Å².